The van der Waals surface area contributed by atoms with Gasteiger partial charge in [-0.15, -0.1) is 11.3 Å². The molecule has 2 aromatic rings. The van der Waals surface area contributed by atoms with Crippen molar-refractivity contribution in [1.29, 1.82) is 0 Å². The third kappa shape index (κ3) is 7.18. The number of urea groups is 1. The van der Waals surface area contributed by atoms with Crippen LogP contribution in [0.1, 0.15) is 37.6 Å². The lowest BCUT2D eigenvalue weighted by Crippen LogP contribution is -2.40. The summed E-state index contributed by atoms with van der Waals surface area (Å²) in [4.78, 5) is 30.1. The van der Waals surface area contributed by atoms with E-state index in [0.717, 1.165) is 30.1 Å². The first kappa shape index (κ1) is 22.9. The molecule has 7 heteroatoms. The average Bonchev–Trinajstić information content (AvgIpc) is 3.23. The maximum Gasteiger partial charge on any atom is 0.322 e. The first-order valence-corrected chi connectivity index (χ1v) is 11.1. The number of thiophene rings is 1. The number of aryl methyl sites for hydroxylation is 1. The molecule has 0 aliphatic carbocycles. The molecule has 1 heterocycles. The second-order valence-corrected chi connectivity index (χ2v) is 7.92. The van der Waals surface area contributed by atoms with E-state index in [1.165, 1.54) is 0 Å². The Balaban J connectivity index is 2.13. The van der Waals surface area contributed by atoms with Gasteiger partial charge in [-0.2, -0.15) is 0 Å². The van der Waals surface area contributed by atoms with Crippen molar-refractivity contribution in [2.24, 2.45) is 0 Å². The maximum atomic E-state index is 13.1. The predicted octanol–water partition coefficient (Wildman–Crippen LogP) is 4.78. The molecule has 2 N–H and O–H groups in total. The minimum atomic E-state index is -0.132. The Morgan fingerprint density at radius 1 is 1.03 bits per heavy atom. The number of nitrogens with zero attached hydrogens (tertiary/aromatic N) is 2. The van der Waals surface area contributed by atoms with Gasteiger partial charge in [-0.3, -0.25) is 4.79 Å². The maximum absolute atomic E-state index is 13.1. The second-order valence-electron chi connectivity index (χ2n) is 6.89. The zero-order chi connectivity index (χ0) is 21.2. The van der Waals surface area contributed by atoms with Gasteiger partial charge < -0.3 is 20.4 Å². The SMILES string of the molecule is CCC(=O)Nc1ccc(C)c(NC(=O)N(CCN(CC)CC)Cc2cccs2)c1. The molecule has 3 amide bonds. The van der Waals surface area contributed by atoms with Crippen molar-refractivity contribution in [2.75, 3.05) is 36.8 Å². The highest BCUT2D eigenvalue weighted by Gasteiger charge is 2.17. The minimum Gasteiger partial charge on any atom is -0.326 e. The number of benzene rings is 1. The summed E-state index contributed by atoms with van der Waals surface area (Å²) in [6.07, 6.45) is 0.412. The van der Waals surface area contributed by atoms with Crippen LogP contribution in [0.3, 0.4) is 0 Å². The van der Waals surface area contributed by atoms with E-state index in [-0.39, 0.29) is 11.9 Å². The van der Waals surface area contributed by atoms with Crippen LogP contribution in [-0.2, 0) is 11.3 Å². The van der Waals surface area contributed by atoms with E-state index >= 15 is 0 Å². The summed E-state index contributed by atoms with van der Waals surface area (Å²) in [5.41, 5.74) is 2.35. The van der Waals surface area contributed by atoms with Crippen LogP contribution in [0.25, 0.3) is 0 Å². The zero-order valence-corrected chi connectivity index (χ0v) is 18.6. The van der Waals surface area contributed by atoms with Crippen LogP contribution in [0.2, 0.25) is 0 Å². The molecule has 29 heavy (non-hydrogen) atoms. The number of rotatable bonds is 10. The lowest BCUT2D eigenvalue weighted by atomic mass is 10.1. The number of hydrogen-bond acceptors (Lipinski definition) is 4. The molecule has 0 bridgehead atoms. The van der Waals surface area contributed by atoms with Gasteiger partial charge in [-0.05, 0) is 49.2 Å². The van der Waals surface area contributed by atoms with Crippen LogP contribution in [0.4, 0.5) is 16.2 Å². The Hall–Kier alpha value is -2.38. The van der Waals surface area contributed by atoms with Crippen LogP contribution in [-0.4, -0.2) is 47.9 Å². The van der Waals surface area contributed by atoms with Crippen molar-refractivity contribution >= 4 is 34.6 Å². The van der Waals surface area contributed by atoms with E-state index in [0.29, 0.717) is 30.9 Å². The fraction of sp³-hybridized carbons (Fsp3) is 0.455. The van der Waals surface area contributed by atoms with E-state index in [2.05, 4.69) is 35.4 Å². The molecule has 6 nitrogen and oxygen atoms in total. The van der Waals surface area contributed by atoms with E-state index in [9.17, 15) is 9.59 Å². The molecular weight excluding hydrogens is 384 g/mol. The molecule has 0 saturated carbocycles. The molecule has 2 rings (SSSR count). The van der Waals surface area contributed by atoms with Crippen LogP contribution in [0.5, 0.6) is 0 Å². The number of nitrogens with one attached hydrogen (secondary N) is 2. The number of hydrogen-bond donors (Lipinski definition) is 2. The summed E-state index contributed by atoms with van der Waals surface area (Å²) >= 11 is 1.65. The van der Waals surface area contributed by atoms with Crippen molar-refractivity contribution < 1.29 is 9.59 Å². The van der Waals surface area contributed by atoms with Crippen LogP contribution >= 0.6 is 11.3 Å². The lowest BCUT2D eigenvalue weighted by molar-refractivity contribution is -0.115. The van der Waals surface area contributed by atoms with E-state index in [4.69, 9.17) is 0 Å². The summed E-state index contributed by atoms with van der Waals surface area (Å²) in [7, 11) is 0. The Bertz CT molecular complexity index is 788. The summed E-state index contributed by atoms with van der Waals surface area (Å²) < 4.78 is 0. The van der Waals surface area contributed by atoms with Gasteiger partial charge in [-0.25, -0.2) is 4.79 Å². The highest BCUT2D eigenvalue weighted by atomic mass is 32.1. The van der Waals surface area contributed by atoms with Gasteiger partial charge in [0.2, 0.25) is 5.91 Å². The largest absolute Gasteiger partial charge is 0.326 e. The molecule has 0 atom stereocenters. The standard InChI is InChI=1S/C22H32N4O2S/c1-5-21(27)23-18-11-10-17(4)20(15-18)24-22(28)26(13-12-25(6-2)7-3)16-19-9-8-14-29-19/h8-11,14-15H,5-7,12-13,16H2,1-4H3,(H,23,27)(H,24,28). The molecule has 0 spiro atoms. The summed E-state index contributed by atoms with van der Waals surface area (Å²) in [6.45, 7) is 12.0. The van der Waals surface area contributed by atoms with Gasteiger partial charge in [0.1, 0.15) is 0 Å². The number of amides is 3. The van der Waals surface area contributed by atoms with Crippen molar-refractivity contribution in [3.63, 3.8) is 0 Å². The van der Waals surface area contributed by atoms with Gasteiger partial charge in [0.25, 0.3) is 0 Å². The Morgan fingerprint density at radius 3 is 2.41 bits per heavy atom. The molecule has 1 aromatic heterocycles. The summed E-state index contributed by atoms with van der Waals surface area (Å²) in [5, 5.41) is 7.91. The first-order chi connectivity index (χ1) is 14.0. The molecule has 0 unspecified atom stereocenters. The van der Waals surface area contributed by atoms with Gasteiger partial charge in [-0.1, -0.05) is 32.9 Å². The van der Waals surface area contributed by atoms with Gasteiger partial charge in [0.05, 0.1) is 6.54 Å². The second kappa shape index (κ2) is 11.6. The van der Waals surface area contributed by atoms with Crippen molar-refractivity contribution in [1.82, 2.24) is 9.80 Å². The minimum absolute atomic E-state index is 0.0512. The smallest absolute Gasteiger partial charge is 0.322 e. The fourth-order valence-electron chi connectivity index (χ4n) is 2.92. The van der Waals surface area contributed by atoms with E-state index in [1.54, 1.807) is 11.3 Å². The van der Waals surface area contributed by atoms with E-state index < -0.39 is 0 Å². The van der Waals surface area contributed by atoms with Crippen LogP contribution < -0.4 is 10.6 Å². The highest BCUT2D eigenvalue weighted by molar-refractivity contribution is 7.09. The van der Waals surface area contributed by atoms with Crippen molar-refractivity contribution in [3.8, 4) is 0 Å². The molecule has 0 saturated heterocycles. The summed E-state index contributed by atoms with van der Waals surface area (Å²) in [6, 6.07) is 9.49. The number of carbonyl (C=O) groups is 2. The monoisotopic (exact) mass is 416 g/mol. The number of carbonyl (C=O) groups excluding carboxylic acids is 2. The molecule has 1 aromatic carbocycles. The molecule has 0 fully saturated rings. The van der Waals surface area contributed by atoms with Crippen molar-refractivity contribution in [2.45, 2.75) is 40.7 Å². The third-order valence-electron chi connectivity index (χ3n) is 4.88. The normalized spacial score (nSPS) is 10.8. The molecular formula is C22H32N4O2S. The molecule has 158 valence electrons. The molecule has 0 aliphatic rings. The van der Waals surface area contributed by atoms with Crippen LogP contribution in [0.15, 0.2) is 35.7 Å². The lowest BCUT2D eigenvalue weighted by Gasteiger charge is -2.27. The quantitative estimate of drug-likeness (QED) is 0.586. The Labute approximate surface area is 177 Å². The topological polar surface area (TPSA) is 64.7 Å². The third-order valence-corrected chi connectivity index (χ3v) is 5.74. The fourth-order valence-corrected chi connectivity index (χ4v) is 3.64. The van der Waals surface area contributed by atoms with E-state index in [1.807, 2.05) is 48.4 Å². The van der Waals surface area contributed by atoms with Gasteiger partial charge in [0, 0.05) is 35.8 Å². The van der Waals surface area contributed by atoms with Gasteiger partial charge >= 0.3 is 6.03 Å². The van der Waals surface area contributed by atoms with Gasteiger partial charge in [0.15, 0.2) is 0 Å². The predicted molar refractivity (Wildman–Crippen MR) is 122 cm³/mol. The number of likely N-dealkylation sites (N-methyl/N-ethyl adjacent to an activating group) is 1. The van der Waals surface area contributed by atoms with Crippen LogP contribution in [0, 0.1) is 6.92 Å². The number of anilines is 2. The summed E-state index contributed by atoms with van der Waals surface area (Å²) in [5.74, 6) is -0.0512. The Kier molecular flexibility index (Phi) is 9.15. The zero-order valence-electron chi connectivity index (χ0n) is 17.8. The average molecular weight is 417 g/mol. The van der Waals surface area contributed by atoms with Crippen molar-refractivity contribution in [3.05, 3.63) is 46.2 Å². The Morgan fingerprint density at radius 2 is 1.79 bits per heavy atom. The highest BCUT2D eigenvalue weighted by Crippen LogP contribution is 2.22. The molecule has 0 aliphatic heterocycles. The first-order valence-electron chi connectivity index (χ1n) is 10.2. The molecule has 0 radical (unpaired) electrons.